The summed E-state index contributed by atoms with van der Waals surface area (Å²) in [5.41, 5.74) is 18.0. The number of para-hydroxylation sites is 1. The van der Waals surface area contributed by atoms with Crippen LogP contribution in [0.25, 0.3) is 51.3 Å². The number of hydrogen-bond donors (Lipinski definition) is 0. The van der Waals surface area contributed by atoms with E-state index in [2.05, 4.69) is 181 Å². The average molecular weight is 750 g/mol. The first-order chi connectivity index (χ1) is 28.7. The van der Waals surface area contributed by atoms with E-state index in [9.17, 15) is 0 Å². The number of anilines is 2. The predicted molar refractivity (Wildman–Crippen MR) is 245 cm³/mol. The normalized spacial score (nSPS) is 20.8. The topological polar surface area (TPSA) is 16.4 Å². The van der Waals surface area contributed by atoms with Crippen LogP contribution in [-0.2, 0) is 0 Å². The van der Waals surface area contributed by atoms with Gasteiger partial charge in [-0.05, 0) is 143 Å². The average Bonchev–Trinajstić information content (AvgIpc) is 3.68. The molecule has 0 N–H and O–H groups in total. The molecule has 0 radical (unpaired) electrons. The molecular weight excluding hydrogens is 703 g/mol. The monoisotopic (exact) mass is 749 g/mol. The van der Waals surface area contributed by atoms with Crippen molar-refractivity contribution >= 4 is 51.5 Å². The van der Waals surface area contributed by atoms with Gasteiger partial charge < -0.3 is 9.32 Å². The molecule has 0 saturated heterocycles. The second kappa shape index (κ2) is 14.8. The van der Waals surface area contributed by atoms with Crippen molar-refractivity contribution in [1.29, 1.82) is 0 Å². The lowest BCUT2D eigenvalue weighted by Gasteiger charge is -2.35. The zero-order valence-electron chi connectivity index (χ0n) is 32.9. The van der Waals surface area contributed by atoms with E-state index in [4.69, 9.17) is 4.42 Å². The quantitative estimate of drug-likeness (QED) is 0.151. The molecule has 0 bridgehead atoms. The summed E-state index contributed by atoms with van der Waals surface area (Å²) in [5, 5.41) is 2.32. The Hall–Kier alpha value is -6.38. The minimum absolute atomic E-state index is 0.367. The van der Waals surface area contributed by atoms with Crippen LogP contribution in [0.3, 0.4) is 0 Å². The molecule has 0 saturated carbocycles. The zero-order chi connectivity index (χ0) is 38.4. The van der Waals surface area contributed by atoms with Crippen LogP contribution in [-0.4, -0.2) is 0 Å². The molecule has 3 unspecified atom stereocenters. The van der Waals surface area contributed by atoms with E-state index in [0.717, 1.165) is 54.3 Å². The van der Waals surface area contributed by atoms with Gasteiger partial charge in [0.05, 0.1) is 0 Å². The van der Waals surface area contributed by atoms with Gasteiger partial charge in [-0.1, -0.05) is 140 Å². The number of rotatable bonds is 7. The Morgan fingerprint density at radius 1 is 0.638 bits per heavy atom. The van der Waals surface area contributed by atoms with Crippen molar-refractivity contribution in [3.05, 3.63) is 209 Å². The maximum absolute atomic E-state index is 6.30. The number of furan rings is 1. The van der Waals surface area contributed by atoms with Gasteiger partial charge in [0.15, 0.2) is 0 Å². The maximum Gasteiger partial charge on any atom is 0.136 e. The van der Waals surface area contributed by atoms with Crippen LogP contribution in [0.2, 0.25) is 0 Å². The van der Waals surface area contributed by atoms with E-state index in [1.54, 1.807) is 11.1 Å². The molecule has 3 atom stereocenters. The molecule has 1 aromatic heterocycles. The van der Waals surface area contributed by atoms with E-state index in [1.165, 1.54) is 68.6 Å². The molecule has 11 rings (SSSR count). The molecule has 0 fully saturated rings. The third-order valence-electron chi connectivity index (χ3n) is 13.1. The fourth-order valence-corrected chi connectivity index (χ4v) is 10.2. The van der Waals surface area contributed by atoms with Crippen LogP contribution >= 0.6 is 0 Å². The highest BCUT2D eigenvalue weighted by Crippen LogP contribution is 2.48. The third-order valence-corrected chi connectivity index (χ3v) is 13.1. The van der Waals surface area contributed by atoms with E-state index >= 15 is 0 Å². The van der Waals surface area contributed by atoms with Gasteiger partial charge in [0.25, 0.3) is 0 Å². The van der Waals surface area contributed by atoms with Gasteiger partial charge in [-0.25, -0.2) is 0 Å². The number of benzene rings is 5. The van der Waals surface area contributed by atoms with Crippen molar-refractivity contribution in [3.63, 3.8) is 0 Å². The number of nitrogens with zero attached hydrogens (tertiary/aromatic N) is 1. The first-order valence-electron chi connectivity index (χ1n) is 21.3. The van der Waals surface area contributed by atoms with Gasteiger partial charge in [-0.3, -0.25) is 0 Å². The van der Waals surface area contributed by atoms with E-state index in [1.807, 2.05) is 6.07 Å². The van der Waals surface area contributed by atoms with Gasteiger partial charge in [0.1, 0.15) is 11.2 Å². The molecule has 282 valence electrons. The highest BCUT2D eigenvalue weighted by molar-refractivity contribution is 6.12. The Labute approximate surface area is 341 Å². The van der Waals surface area contributed by atoms with Crippen molar-refractivity contribution in [1.82, 2.24) is 0 Å². The van der Waals surface area contributed by atoms with E-state index in [-0.39, 0.29) is 0 Å². The highest BCUT2D eigenvalue weighted by Gasteiger charge is 2.32. The summed E-state index contributed by atoms with van der Waals surface area (Å²) in [6, 6.07) is 37.8. The number of hydrogen-bond acceptors (Lipinski definition) is 2. The summed E-state index contributed by atoms with van der Waals surface area (Å²) in [6.45, 7) is 0. The molecule has 2 heteroatoms. The van der Waals surface area contributed by atoms with Crippen LogP contribution in [0, 0.1) is 5.92 Å². The van der Waals surface area contributed by atoms with Gasteiger partial charge in [0, 0.05) is 39.7 Å². The van der Waals surface area contributed by atoms with Crippen LogP contribution in [0.5, 0.6) is 0 Å². The van der Waals surface area contributed by atoms with Gasteiger partial charge in [0.2, 0.25) is 0 Å². The molecule has 5 aliphatic rings. The second-order valence-corrected chi connectivity index (χ2v) is 16.5. The van der Waals surface area contributed by atoms with Crippen LogP contribution in [0.4, 0.5) is 11.4 Å². The van der Waals surface area contributed by atoms with Crippen molar-refractivity contribution in [2.45, 2.75) is 56.8 Å². The molecule has 0 spiro atoms. The Morgan fingerprint density at radius 3 is 2.38 bits per heavy atom. The van der Waals surface area contributed by atoms with Crippen LogP contribution < -0.4 is 4.90 Å². The first-order valence-corrected chi connectivity index (χ1v) is 21.3. The van der Waals surface area contributed by atoms with Gasteiger partial charge in [-0.15, -0.1) is 0 Å². The molecule has 0 aliphatic heterocycles. The first kappa shape index (κ1) is 34.8. The van der Waals surface area contributed by atoms with E-state index < -0.39 is 0 Å². The molecule has 5 aliphatic carbocycles. The smallest absolute Gasteiger partial charge is 0.136 e. The third kappa shape index (κ3) is 6.28. The standard InChI is InChI=1S/C56H47NO/c1-2-11-39(12-3-1)40-31-35-47(36-32-40)57(48-17-9-16-45(37-48)50-20-10-22-53-56(50)51-19-6-7-21-52(51)58-53)46-33-24-38(25-34-46)23-26-42-14-8-15-43-29-30-44-28-27-41-13-4-5-18-49(41)55(44)54(42)43/h1-2,4,6-11,13,15-17,19-31,33-35,37,41-42,49H,3,5,12,14,18,32,36H2. The number of allylic oxidation sites excluding steroid dienone is 13. The van der Waals surface area contributed by atoms with Crippen molar-refractivity contribution in [2.24, 2.45) is 5.92 Å². The summed E-state index contributed by atoms with van der Waals surface area (Å²) in [5.74, 6) is 1.46. The summed E-state index contributed by atoms with van der Waals surface area (Å²) in [6.07, 6.45) is 38.4. The molecule has 0 amide bonds. The Balaban J connectivity index is 0.948. The summed E-state index contributed by atoms with van der Waals surface area (Å²) >= 11 is 0. The van der Waals surface area contributed by atoms with Crippen molar-refractivity contribution in [2.75, 3.05) is 4.90 Å². The van der Waals surface area contributed by atoms with Crippen molar-refractivity contribution in [3.8, 4) is 11.1 Å². The molecule has 5 aromatic carbocycles. The van der Waals surface area contributed by atoms with Gasteiger partial charge in [-0.2, -0.15) is 0 Å². The van der Waals surface area contributed by atoms with Gasteiger partial charge >= 0.3 is 0 Å². The minimum Gasteiger partial charge on any atom is -0.456 e. The van der Waals surface area contributed by atoms with Crippen LogP contribution in [0.1, 0.15) is 84.6 Å². The van der Waals surface area contributed by atoms with Crippen molar-refractivity contribution < 1.29 is 4.42 Å². The Kier molecular flexibility index (Phi) is 8.92. The number of fused-ring (bicyclic) bond motifs is 8. The summed E-state index contributed by atoms with van der Waals surface area (Å²) in [7, 11) is 0. The minimum atomic E-state index is 0.367. The SMILES string of the molecule is C1=CCCC(C2=CC=C(N(c3ccc(C=CC4CC=Cc5ccc6c(c54)C4CCC=CC4C=C6)cc3)c3cccc(-c4cccc5oc6ccccc6c45)c3)CC2)=C1. The van der Waals surface area contributed by atoms with Crippen LogP contribution in [0.15, 0.2) is 185 Å². The molecule has 58 heavy (non-hydrogen) atoms. The lowest BCUT2D eigenvalue weighted by molar-refractivity contribution is 0.518. The summed E-state index contributed by atoms with van der Waals surface area (Å²) in [4.78, 5) is 2.48. The summed E-state index contributed by atoms with van der Waals surface area (Å²) < 4.78 is 6.30. The zero-order valence-corrected chi connectivity index (χ0v) is 32.9. The Morgan fingerprint density at radius 2 is 1.50 bits per heavy atom. The fourth-order valence-electron chi connectivity index (χ4n) is 10.2. The maximum atomic E-state index is 6.30. The van der Waals surface area contributed by atoms with E-state index in [0.29, 0.717) is 17.8 Å². The molecule has 6 aromatic rings. The fraction of sp³-hybridized carbons (Fsp3) is 0.179. The lowest BCUT2D eigenvalue weighted by atomic mass is 9.69. The molecule has 2 nitrogen and oxygen atoms in total. The second-order valence-electron chi connectivity index (χ2n) is 16.5. The largest absolute Gasteiger partial charge is 0.456 e. The lowest BCUT2D eigenvalue weighted by Crippen LogP contribution is -2.20. The molecule has 1 heterocycles. The predicted octanol–water partition coefficient (Wildman–Crippen LogP) is 15.6. The Bertz CT molecular complexity index is 2830. The molecular formula is C56H47NO. The highest BCUT2D eigenvalue weighted by atomic mass is 16.3.